The van der Waals surface area contributed by atoms with E-state index in [9.17, 15) is 25.1 Å². The molecule has 1 fully saturated rings. The Kier molecular flexibility index (Phi) is 8.74. The fourth-order valence-electron chi connectivity index (χ4n) is 8.67. The van der Waals surface area contributed by atoms with Gasteiger partial charge in [0.15, 0.2) is 23.0 Å². The minimum Gasteiger partial charge on any atom is -0.507 e. The van der Waals surface area contributed by atoms with Gasteiger partial charge in [0.05, 0.1) is 25.3 Å². The number of carbonyl (C=O) groups excluding carboxylic acids is 2. The van der Waals surface area contributed by atoms with Crippen LogP contribution in [-0.2, 0) is 28.9 Å². The molecule has 3 aromatic rings. The number of nitrogens with one attached hydrogen (secondary N) is 2. The van der Waals surface area contributed by atoms with Crippen molar-refractivity contribution in [3.8, 4) is 34.8 Å². The van der Waals surface area contributed by atoms with E-state index in [1.54, 1.807) is 13.8 Å². The van der Waals surface area contributed by atoms with Gasteiger partial charge in [0.25, 0.3) is 0 Å². The number of likely N-dealkylation sites (N-methyl/N-ethyl adjacent to an activating group) is 1. The maximum absolute atomic E-state index is 13.6. The van der Waals surface area contributed by atoms with Crippen LogP contribution in [0.3, 0.4) is 0 Å². The number of fused-ring (bicyclic) bond motifs is 9. The lowest BCUT2D eigenvalue weighted by Crippen LogP contribution is -2.68. The van der Waals surface area contributed by atoms with Crippen LogP contribution in [0.2, 0.25) is 0 Å². The molecule has 4 N–H and O–H groups in total. The van der Waals surface area contributed by atoms with E-state index in [0.717, 1.165) is 22.3 Å². The fourth-order valence-corrected chi connectivity index (χ4v) is 8.67. The SMILES string of the molecule is COc1c(C)cc2c(c1O)[C@@H]1C3Cc4c(O)c(C)c5c(c4[C@H](CNC(=O)[C@H](C)NC(=O)CCc4ccccc4)N3[C@@H](C#N)[C@H](C2)N1C)OCO5. The maximum Gasteiger partial charge on any atom is 0.242 e. The Balaban J connectivity index is 1.24. The Bertz CT molecular complexity index is 1890. The molecule has 0 aromatic heterocycles. The molecule has 2 bridgehead atoms. The average molecular weight is 682 g/mol. The van der Waals surface area contributed by atoms with Gasteiger partial charge < -0.3 is 35.1 Å². The first-order valence-electron chi connectivity index (χ1n) is 17.1. The van der Waals surface area contributed by atoms with E-state index in [4.69, 9.17) is 14.2 Å². The number of amides is 2. The summed E-state index contributed by atoms with van der Waals surface area (Å²) in [5, 5.41) is 40.0. The molecule has 0 aliphatic carbocycles. The third-order valence-electron chi connectivity index (χ3n) is 11.0. The highest BCUT2D eigenvalue weighted by Gasteiger charge is 2.56. The van der Waals surface area contributed by atoms with Gasteiger partial charge in [-0.1, -0.05) is 36.4 Å². The van der Waals surface area contributed by atoms with E-state index in [0.29, 0.717) is 53.2 Å². The first-order chi connectivity index (χ1) is 24.0. The average Bonchev–Trinajstić information content (AvgIpc) is 3.59. The zero-order valence-electron chi connectivity index (χ0n) is 28.9. The lowest BCUT2D eigenvalue weighted by Gasteiger charge is -2.60. The van der Waals surface area contributed by atoms with Gasteiger partial charge in [0.1, 0.15) is 17.8 Å². The predicted octanol–water partition coefficient (Wildman–Crippen LogP) is 3.48. The molecule has 0 spiro atoms. The zero-order chi connectivity index (χ0) is 35.4. The Hall–Kier alpha value is -4.99. The molecule has 12 heteroatoms. The third kappa shape index (κ3) is 5.36. The highest BCUT2D eigenvalue weighted by Crippen LogP contribution is 2.58. The predicted molar refractivity (Wildman–Crippen MR) is 183 cm³/mol. The lowest BCUT2D eigenvalue weighted by atomic mass is 9.71. The van der Waals surface area contributed by atoms with Crippen LogP contribution in [-0.4, -0.2) is 83.5 Å². The lowest BCUT2D eigenvalue weighted by molar-refractivity contribution is -0.129. The second-order valence-corrected chi connectivity index (χ2v) is 13.8. The van der Waals surface area contributed by atoms with Crippen LogP contribution in [0.4, 0.5) is 0 Å². The molecule has 1 saturated heterocycles. The first kappa shape index (κ1) is 33.5. The Labute approximate surface area is 291 Å². The van der Waals surface area contributed by atoms with Crippen molar-refractivity contribution in [3.63, 3.8) is 0 Å². The van der Waals surface area contributed by atoms with Crippen molar-refractivity contribution >= 4 is 11.8 Å². The molecule has 6 atom stereocenters. The number of phenolic OH excluding ortho intramolecular Hbond substituents is 2. The number of nitriles is 1. The van der Waals surface area contributed by atoms with Gasteiger partial charge in [-0.05, 0) is 63.8 Å². The molecule has 2 amide bonds. The van der Waals surface area contributed by atoms with Crippen LogP contribution < -0.4 is 24.8 Å². The smallest absolute Gasteiger partial charge is 0.242 e. The number of nitrogens with zero attached hydrogens (tertiary/aromatic N) is 3. The molecule has 50 heavy (non-hydrogen) atoms. The van der Waals surface area contributed by atoms with Gasteiger partial charge in [-0.15, -0.1) is 0 Å². The minimum atomic E-state index is -0.813. The van der Waals surface area contributed by atoms with Crippen molar-refractivity contribution in [3.05, 3.63) is 75.3 Å². The normalized spacial score (nSPS) is 23.9. The molecule has 1 unspecified atom stereocenters. The van der Waals surface area contributed by atoms with Crippen LogP contribution in [0.1, 0.15) is 64.4 Å². The van der Waals surface area contributed by atoms with E-state index < -0.39 is 18.1 Å². The van der Waals surface area contributed by atoms with Crippen molar-refractivity contribution in [2.45, 2.75) is 82.7 Å². The van der Waals surface area contributed by atoms with Gasteiger partial charge in [0.2, 0.25) is 18.6 Å². The largest absolute Gasteiger partial charge is 0.507 e. The van der Waals surface area contributed by atoms with E-state index in [1.165, 1.54) is 7.11 Å². The zero-order valence-corrected chi connectivity index (χ0v) is 28.9. The van der Waals surface area contributed by atoms with E-state index in [1.807, 2.05) is 50.4 Å². The number of carbonyl (C=O) groups is 2. The number of piperazine rings is 1. The topological polar surface area (TPSA) is 157 Å². The maximum atomic E-state index is 13.6. The number of benzene rings is 3. The van der Waals surface area contributed by atoms with Crippen molar-refractivity contribution in [1.29, 1.82) is 5.26 Å². The van der Waals surface area contributed by atoms with Gasteiger partial charge in [-0.25, -0.2) is 0 Å². The van der Waals surface area contributed by atoms with Crippen LogP contribution >= 0.6 is 0 Å². The summed E-state index contributed by atoms with van der Waals surface area (Å²) < 4.78 is 17.5. The summed E-state index contributed by atoms with van der Waals surface area (Å²) in [5.74, 6) is 0.900. The van der Waals surface area contributed by atoms with Gasteiger partial charge in [-0.2, -0.15) is 5.26 Å². The molecule has 7 rings (SSSR count). The van der Waals surface area contributed by atoms with Gasteiger partial charge in [-0.3, -0.25) is 19.4 Å². The molecule has 4 aliphatic rings. The number of aryl methyl sites for hydroxylation is 2. The van der Waals surface area contributed by atoms with Crippen molar-refractivity contribution in [1.82, 2.24) is 20.4 Å². The molecule has 0 saturated carbocycles. The summed E-state index contributed by atoms with van der Waals surface area (Å²) >= 11 is 0. The van der Waals surface area contributed by atoms with Crippen molar-refractivity contribution < 1.29 is 34.0 Å². The molecule has 12 nitrogen and oxygen atoms in total. The second kappa shape index (κ2) is 13.0. The standard InChI is InChI=1S/C38H43N5O7/c1-19-13-23-14-25-27(16-39)43-26(32(42(25)4)30(23)34(46)35(19)48-5)15-24-31(37-36(49-18-50-37)20(2)33(24)45)28(43)17-40-38(47)21(3)41-29(44)12-11-22-9-7-6-8-10-22/h6-10,13,21,25-28,32,45-46H,11-12,14-15,17-18H2,1-5H3,(H,40,47)(H,41,44)/t21-,25-,26?,27-,28-,32-/m0/s1. The van der Waals surface area contributed by atoms with Crippen molar-refractivity contribution in [2.24, 2.45) is 0 Å². The minimum absolute atomic E-state index is 0.0172. The van der Waals surface area contributed by atoms with Crippen molar-refractivity contribution in [2.75, 3.05) is 27.5 Å². The quantitative estimate of drug-likeness (QED) is 0.278. The molecule has 0 radical (unpaired) electrons. The summed E-state index contributed by atoms with van der Waals surface area (Å²) in [6.07, 6.45) is 1.68. The molecule has 4 aliphatic heterocycles. The van der Waals surface area contributed by atoms with Gasteiger partial charge >= 0.3 is 0 Å². The number of methoxy groups -OCH3 is 1. The molecular weight excluding hydrogens is 638 g/mol. The summed E-state index contributed by atoms with van der Waals surface area (Å²) in [6.45, 7) is 5.38. The number of aromatic hydroxyl groups is 2. The first-order valence-corrected chi connectivity index (χ1v) is 17.1. The Morgan fingerprint density at radius 1 is 1.08 bits per heavy atom. The van der Waals surface area contributed by atoms with Crippen LogP contribution in [0, 0.1) is 25.2 Å². The van der Waals surface area contributed by atoms with Crippen LogP contribution in [0.5, 0.6) is 28.7 Å². The molecule has 4 heterocycles. The number of rotatable bonds is 8. The molecule has 3 aromatic carbocycles. The number of ether oxygens (including phenoxy) is 3. The second-order valence-electron chi connectivity index (χ2n) is 13.8. The monoisotopic (exact) mass is 681 g/mol. The van der Waals surface area contributed by atoms with E-state index in [-0.39, 0.29) is 61.2 Å². The summed E-state index contributed by atoms with van der Waals surface area (Å²) in [6, 6.07) is 11.3. The Morgan fingerprint density at radius 2 is 1.82 bits per heavy atom. The highest BCUT2D eigenvalue weighted by molar-refractivity contribution is 5.87. The highest BCUT2D eigenvalue weighted by atomic mass is 16.7. The summed E-state index contributed by atoms with van der Waals surface area (Å²) in [7, 11) is 3.51. The van der Waals surface area contributed by atoms with Crippen LogP contribution in [0.25, 0.3) is 0 Å². The molecular formula is C38H43N5O7. The van der Waals surface area contributed by atoms with E-state index >= 15 is 0 Å². The van der Waals surface area contributed by atoms with E-state index in [2.05, 4.69) is 26.5 Å². The Morgan fingerprint density at radius 3 is 2.54 bits per heavy atom. The molecule has 262 valence electrons. The summed E-state index contributed by atoms with van der Waals surface area (Å²) in [4.78, 5) is 30.6. The number of hydrogen-bond acceptors (Lipinski definition) is 10. The number of hydrogen-bond donors (Lipinski definition) is 4. The fraction of sp³-hybridized carbons (Fsp3) is 0.447. The third-order valence-corrected chi connectivity index (χ3v) is 11.0. The van der Waals surface area contributed by atoms with Crippen LogP contribution in [0.15, 0.2) is 36.4 Å². The summed E-state index contributed by atoms with van der Waals surface area (Å²) in [5.41, 5.74) is 5.45. The number of phenols is 2. The van der Waals surface area contributed by atoms with Gasteiger partial charge in [0, 0.05) is 47.3 Å².